The Labute approximate surface area is 301 Å². The summed E-state index contributed by atoms with van der Waals surface area (Å²) in [7, 11) is -9.08. The molecule has 3 aromatic rings. The molecule has 0 aliphatic heterocycles. The van der Waals surface area contributed by atoms with Crippen LogP contribution in [0.1, 0.15) is 103 Å². The highest BCUT2D eigenvalue weighted by atomic mass is 79.9. The Balaban J connectivity index is 1.48. The number of hydrogen-bond acceptors (Lipinski definition) is 4. The van der Waals surface area contributed by atoms with Crippen LogP contribution in [-0.2, 0) is 19.6 Å². The number of hydrogen-bond donors (Lipinski definition) is 0. The van der Waals surface area contributed by atoms with Crippen molar-refractivity contribution in [2.45, 2.75) is 123 Å². The van der Waals surface area contributed by atoms with Crippen LogP contribution in [-0.4, -0.2) is 35.2 Å². The van der Waals surface area contributed by atoms with E-state index in [-0.39, 0.29) is 11.5 Å². The van der Waals surface area contributed by atoms with E-state index < -0.39 is 37.5 Å². The van der Waals surface area contributed by atoms with Gasteiger partial charge in [0.15, 0.2) is 0 Å². The molecule has 49 heavy (non-hydrogen) atoms. The fourth-order valence-electron chi connectivity index (χ4n) is 5.62. The summed E-state index contributed by atoms with van der Waals surface area (Å²) in [5, 5.41) is -3.83. The van der Waals surface area contributed by atoms with Gasteiger partial charge in [0.25, 0.3) is 0 Å². The number of rotatable bonds is 25. The first kappa shape index (κ1) is 41.1. The molecule has 0 radical (unpaired) electrons. The molecule has 3 aromatic carbocycles. The Morgan fingerprint density at radius 1 is 0.592 bits per heavy atom. The van der Waals surface area contributed by atoms with Crippen molar-refractivity contribution < 1.29 is 34.7 Å². The van der Waals surface area contributed by atoms with Gasteiger partial charge in [-0.15, -0.1) is 8.42 Å². The second kappa shape index (κ2) is 21.8. The lowest BCUT2D eigenvalue weighted by molar-refractivity contribution is -0.161. The van der Waals surface area contributed by atoms with Gasteiger partial charge < -0.3 is 4.74 Å². The molecular formula is C38H51BrF3O5S2+. The van der Waals surface area contributed by atoms with Gasteiger partial charge >= 0.3 is 21.3 Å². The van der Waals surface area contributed by atoms with Gasteiger partial charge in [-0.25, -0.2) is 9.18 Å². The minimum absolute atomic E-state index is 0.210. The molecule has 5 nitrogen and oxygen atoms in total. The molecule has 272 valence electrons. The van der Waals surface area contributed by atoms with Crippen LogP contribution in [0.2, 0.25) is 0 Å². The quantitative estimate of drug-likeness (QED) is 0.0282. The van der Waals surface area contributed by atoms with Crippen LogP contribution in [0.3, 0.4) is 0 Å². The van der Waals surface area contributed by atoms with Crippen LogP contribution >= 0.6 is 26.2 Å². The maximum atomic E-state index is 15.5. The monoisotopic (exact) mass is 787 g/mol. The van der Waals surface area contributed by atoms with Crippen molar-refractivity contribution >= 4 is 42.3 Å². The smallest absolute Gasteiger partial charge is 0.460 e. The first-order chi connectivity index (χ1) is 23.6. The lowest BCUT2D eigenvalue weighted by Crippen LogP contribution is -2.42. The maximum absolute atomic E-state index is 15.5. The summed E-state index contributed by atoms with van der Waals surface area (Å²) in [6.07, 6.45) is 18.2. The van der Waals surface area contributed by atoms with Gasteiger partial charge in [0.1, 0.15) is 5.82 Å². The minimum atomic E-state index is -5.79. The highest BCUT2D eigenvalue weighted by Gasteiger charge is 2.63. The topological polar surface area (TPSA) is 73.2 Å². The highest BCUT2D eigenvalue weighted by molar-refractivity contribution is 9.09. The zero-order valence-electron chi connectivity index (χ0n) is 28.2. The molecule has 0 atom stereocenters. The van der Waals surface area contributed by atoms with Gasteiger partial charge in [-0.1, -0.05) is 142 Å². The van der Waals surface area contributed by atoms with Gasteiger partial charge in [0, 0.05) is 5.33 Å². The summed E-state index contributed by atoms with van der Waals surface area (Å²) in [6.45, 7) is -0.312. The number of halogens is 4. The number of alkyl halides is 3. The molecule has 0 aliphatic rings. The standard InChI is InChI=1S/C38H50BrF3O5S2/c39-31-21-13-11-9-7-5-3-1-2-4-6-8-10-12-14-22-32-46-37(43)38(41,42)49(44,45)47-48(34-23-17-15-18-24-34,35-25-19-16-20-26-35)36-29-27-33(40)28-30-36/h15-20,23-30H,1-14,21-22,31-32H2/p+1. The number of unbranched alkanes of at least 4 members (excludes halogenated alkanes) is 15. The molecule has 0 spiro atoms. The van der Waals surface area contributed by atoms with Crippen LogP contribution in [0.5, 0.6) is 0 Å². The molecule has 0 bridgehead atoms. The van der Waals surface area contributed by atoms with E-state index >= 15 is 8.78 Å². The summed E-state index contributed by atoms with van der Waals surface area (Å²) in [4.78, 5) is 13.4. The number of esters is 1. The summed E-state index contributed by atoms with van der Waals surface area (Å²) in [5.74, 6) is -2.74. The van der Waals surface area contributed by atoms with E-state index in [4.69, 9.17) is 4.74 Å². The predicted octanol–water partition coefficient (Wildman–Crippen LogP) is 12.2. The third kappa shape index (κ3) is 12.7. The van der Waals surface area contributed by atoms with E-state index in [0.29, 0.717) is 22.6 Å². The molecule has 1 N–H and O–H groups in total. The predicted molar refractivity (Wildman–Crippen MR) is 197 cm³/mol. The minimum Gasteiger partial charge on any atom is -0.460 e. The van der Waals surface area contributed by atoms with Crippen molar-refractivity contribution in [1.29, 1.82) is 0 Å². The van der Waals surface area contributed by atoms with Gasteiger partial charge in [0.2, 0.25) is 0 Å². The van der Waals surface area contributed by atoms with Crippen LogP contribution in [0.25, 0.3) is 0 Å². The Morgan fingerprint density at radius 3 is 1.37 bits per heavy atom. The van der Waals surface area contributed by atoms with E-state index in [1.54, 1.807) is 60.7 Å². The van der Waals surface area contributed by atoms with E-state index in [0.717, 1.165) is 36.7 Å². The fraction of sp³-hybridized carbons (Fsp3) is 0.500. The SMILES string of the molecule is O=C(OCCCCCCCCCCCCCCCCCCBr)C(F)(F)S(=O)(=O)[OH+]S(c1ccccc1)(c1ccccc1)c1ccc(F)cc1. The lowest BCUT2D eigenvalue weighted by atomic mass is 10.0. The third-order valence-corrected chi connectivity index (χ3v) is 14.3. The van der Waals surface area contributed by atoms with E-state index in [1.807, 2.05) is 0 Å². The van der Waals surface area contributed by atoms with Crippen LogP contribution in [0, 0.1) is 5.82 Å². The third-order valence-electron chi connectivity index (χ3n) is 8.36. The molecular weight excluding hydrogens is 737 g/mol. The lowest BCUT2D eigenvalue weighted by Gasteiger charge is -2.35. The summed E-state index contributed by atoms with van der Waals surface area (Å²) in [5.41, 5.74) is 0. The zero-order valence-corrected chi connectivity index (χ0v) is 31.4. The molecule has 3 rings (SSSR count). The van der Waals surface area contributed by atoms with E-state index in [9.17, 15) is 17.6 Å². The van der Waals surface area contributed by atoms with Gasteiger partial charge in [-0.2, -0.15) is 8.78 Å². The number of carbonyl (C=O) groups excluding carboxylic acids is 1. The highest BCUT2D eigenvalue weighted by Crippen LogP contribution is 2.68. The Bertz CT molecular complexity index is 1420. The molecule has 0 unspecified atom stereocenters. The van der Waals surface area contributed by atoms with Crippen molar-refractivity contribution in [1.82, 2.24) is 0 Å². The summed E-state index contributed by atoms with van der Waals surface area (Å²) < 4.78 is 80.4. The van der Waals surface area contributed by atoms with Gasteiger partial charge in [-0.3, -0.25) is 3.63 Å². The second-order valence-corrected chi connectivity index (χ2v) is 17.6. The zero-order chi connectivity index (χ0) is 35.4. The largest absolute Gasteiger partial charge is 0.514 e. The first-order valence-corrected chi connectivity index (χ1v) is 21.6. The normalized spacial score (nSPS) is 12.6. The fourth-order valence-corrected chi connectivity index (χ4v) is 11.3. The molecule has 0 aromatic heterocycles. The van der Waals surface area contributed by atoms with Gasteiger partial charge in [-0.05, 0) is 61.4 Å². The van der Waals surface area contributed by atoms with Gasteiger partial charge in [0.05, 0.1) is 31.6 Å². The van der Waals surface area contributed by atoms with Crippen molar-refractivity contribution in [2.24, 2.45) is 0 Å². The number of benzene rings is 3. The molecule has 0 saturated carbocycles. The van der Waals surface area contributed by atoms with Crippen molar-refractivity contribution in [3.63, 3.8) is 0 Å². The van der Waals surface area contributed by atoms with Crippen LogP contribution in [0.4, 0.5) is 13.2 Å². The van der Waals surface area contributed by atoms with Crippen molar-refractivity contribution in [3.05, 3.63) is 90.7 Å². The summed E-state index contributed by atoms with van der Waals surface area (Å²) >= 11 is 3.47. The molecule has 0 fully saturated rings. The Hall–Kier alpha value is -2.34. The molecule has 0 aliphatic carbocycles. The second-order valence-electron chi connectivity index (χ2n) is 12.2. The maximum Gasteiger partial charge on any atom is 0.514 e. The van der Waals surface area contributed by atoms with Crippen molar-refractivity contribution in [3.8, 4) is 0 Å². The van der Waals surface area contributed by atoms with E-state index in [1.165, 1.54) is 82.8 Å². The summed E-state index contributed by atoms with van der Waals surface area (Å²) in [6, 6.07) is 21.2. The number of ether oxygens (including phenoxy) is 1. The average molecular weight is 789 g/mol. The van der Waals surface area contributed by atoms with Crippen LogP contribution in [0.15, 0.2) is 99.6 Å². The first-order valence-electron chi connectivity index (χ1n) is 17.4. The van der Waals surface area contributed by atoms with Crippen molar-refractivity contribution in [2.75, 3.05) is 11.9 Å². The molecule has 0 heterocycles. The van der Waals surface area contributed by atoms with E-state index in [2.05, 4.69) is 19.6 Å². The molecule has 0 saturated heterocycles. The Kier molecular flexibility index (Phi) is 18.3. The Morgan fingerprint density at radius 2 is 0.959 bits per heavy atom. The average Bonchev–Trinajstić information content (AvgIpc) is 3.11. The van der Waals surface area contributed by atoms with Crippen LogP contribution < -0.4 is 0 Å². The number of carbonyl (C=O) groups is 1. The molecule has 11 heteroatoms. The molecule has 0 amide bonds.